The van der Waals surface area contributed by atoms with Crippen LogP contribution in [0.15, 0.2) is 28.0 Å². The number of rotatable bonds is 8. The van der Waals surface area contributed by atoms with Crippen LogP contribution in [0.4, 0.5) is 5.82 Å². The number of oxazole rings is 1. The lowest BCUT2D eigenvalue weighted by molar-refractivity contribution is 0.271. The molecular formula is C19H26ClN5O4S. The zero-order valence-electron chi connectivity index (χ0n) is 16.8. The summed E-state index contributed by atoms with van der Waals surface area (Å²) in [6.45, 7) is 5.61. The maximum absolute atomic E-state index is 12.7. The van der Waals surface area contributed by atoms with Crippen LogP contribution in [-0.4, -0.2) is 67.2 Å². The number of halogens is 1. The van der Waals surface area contributed by atoms with Gasteiger partial charge in [0, 0.05) is 31.9 Å². The summed E-state index contributed by atoms with van der Waals surface area (Å²) in [5.41, 5.74) is 0.536. The van der Waals surface area contributed by atoms with Crippen LogP contribution in [0, 0.1) is 0 Å². The zero-order valence-corrected chi connectivity index (χ0v) is 18.4. The molecule has 0 bridgehead atoms. The fourth-order valence-electron chi connectivity index (χ4n) is 4.06. The average molecular weight is 456 g/mol. The van der Waals surface area contributed by atoms with Gasteiger partial charge >= 0.3 is 0 Å². The molecule has 2 fully saturated rings. The van der Waals surface area contributed by atoms with Gasteiger partial charge in [0.2, 0.25) is 10.0 Å². The number of likely N-dealkylation sites (tertiary alicyclic amines) is 1. The van der Waals surface area contributed by atoms with Gasteiger partial charge in [-0.2, -0.15) is 0 Å². The summed E-state index contributed by atoms with van der Waals surface area (Å²) in [6, 6.07) is 1.24. The second kappa shape index (κ2) is 8.80. The highest BCUT2D eigenvalue weighted by molar-refractivity contribution is 7.89. The minimum atomic E-state index is -3.70. The third-order valence-corrected chi connectivity index (χ3v) is 7.40. The first kappa shape index (κ1) is 21.5. The fourth-order valence-corrected chi connectivity index (χ4v) is 5.62. The van der Waals surface area contributed by atoms with Crippen LogP contribution in [0.3, 0.4) is 0 Å². The minimum absolute atomic E-state index is 0.0550. The Kier molecular flexibility index (Phi) is 6.31. The van der Waals surface area contributed by atoms with Gasteiger partial charge in [0.15, 0.2) is 6.39 Å². The van der Waals surface area contributed by atoms with Crippen LogP contribution >= 0.6 is 11.6 Å². The van der Waals surface area contributed by atoms with Gasteiger partial charge in [0.05, 0.1) is 17.5 Å². The second-order valence-corrected chi connectivity index (χ2v) is 10.1. The van der Waals surface area contributed by atoms with Crippen LogP contribution in [0.2, 0.25) is 5.02 Å². The minimum Gasteiger partial charge on any atom is -0.448 e. The van der Waals surface area contributed by atoms with Crippen LogP contribution in [0.25, 0.3) is 0 Å². The average Bonchev–Trinajstić information content (AvgIpc) is 3.33. The Bertz CT molecular complexity index is 987. The molecule has 2 aromatic rings. The van der Waals surface area contributed by atoms with E-state index in [0.29, 0.717) is 36.9 Å². The number of hydrogen-bond donors (Lipinski definition) is 2. The van der Waals surface area contributed by atoms with E-state index in [0.717, 1.165) is 25.9 Å². The van der Waals surface area contributed by atoms with Crippen molar-refractivity contribution in [2.75, 3.05) is 37.6 Å². The highest BCUT2D eigenvalue weighted by Gasteiger charge is 2.35. The van der Waals surface area contributed by atoms with Gasteiger partial charge in [-0.05, 0) is 38.9 Å². The Balaban J connectivity index is 1.39. The molecule has 0 radical (unpaired) electrons. The maximum Gasteiger partial charge on any atom is 0.242 e. The normalized spacial score (nSPS) is 19.2. The molecule has 1 atom stereocenters. The van der Waals surface area contributed by atoms with E-state index < -0.39 is 10.0 Å². The molecule has 0 spiro atoms. The molecular weight excluding hydrogens is 430 g/mol. The van der Waals surface area contributed by atoms with E-state index in [-0.39, 0.29) is 28.5 Å². The van der Waals surface area contributed by atoms with Gasteiger partial charge in [0.25, 0.3) is 0 Å². The number of aromatic nitrogens is 2. The fraction of sp³-hybridized carbons (Fsp3) is 0.579. The Morgan fingerprint density at radius 3 is 2.73 bits per heavy atom. The molecule has 164 valence electrons. The molecule has 2 aliphatic rings. The molecule has 11 heteroatoms. The van der Waals surface area contributed by atoms with Gasteiger partial charge < -0.3 is 19.3 Å². The van der Waals surface area contributed by atoms with Crippen LogP contribution < -0.4 is 9.62 Å². The van der Waals surface area contributed by atoms with E-state index in [9.17, 15) is 13.5 Å². The first-order chi connectivity index (χ1) is 14.4. The smallest absolute Gasteiger partial charge is 0.242 e. The highest BCUT2D eigenvalue weighted by atomic mass is 35.5. The second-order valence-electron chi connectivity index (χ2n) is 7.93. The lowest BCUT2D eigenvalue weighted by Gasteiger charge is -2.39. The van der Waals surface area contributed by atoms with Crippen molar-refractivity contribution in [3.05, 3.63) is 35.1 Å². The first-order valence-corrected chi connectivity index (χ1v) is 11.9. The molecule has 0 amide bonds. The van der Waals surface area contributed by atoms with Gasteiger partial charge in [0.1, 0.15) is 22.2 Å². The lowest BCUT2D eigenvalue weighted by atomic mass is 9.96. The van der Waals surface area contributed by atoms with Crippen molar-refractivity contribution < 1.29 is 17.9 Å². The van der Waals surface area contributed by atoms with Crippen molar-refractivity contribution in [1.82, 2.24) is 19.6 Å². The predicted octanol–water partition coefficient (Wildman–Crippen LogP) is 1.58. The molecule has 30 heavy (non-hydrogen) atoms. The number of nitrogens with zero attached hydrogens (tertiary/aromatic N) is 4. The topological polar surface area (TPSA) is 112 Å². The zero-order chi connectivity index (χ0) is 21.3. The van der Waals surface area contributed by atoms with Gasteiger partial charge in [-0.1, -0.05) is 11.6 Å². The van der Waals surface area contributed by atoms with Crippen molar-refractivity contribution >= 4 is 27.4 Å². The summed E-state index contributed by atoms with van der Waals surface area (Å²) in [4.78, 5) is 12.6. The molecule has 0 aromatic carbocycles. The third-order valence-electron chi connectivity index (χ3n) is 5.57. The molecule has 0 saturated carbocycles. The van der Waals surface area contributed by atoms with Crippen LogP contribution in [0.5, 0.6) is 0 Å². The standard InChI is InChI=1S/C19H26ClN5O4S/c1-13(8-24-4-2-3-5-24)23-30(27,28)15-6-16(20)19(21-7-15)25-9-14(10-25)18-17(11-26)22-12-29-18/h6-7,12-14,23,26H,2-5,8-11H2,1H3. The van der Waals surface area contributed by atoms with E-state index in [2.05, 4.69) is 19.6 Å². The van der Waals surface area contributed by atoms with E-state index in [1.54, 1.807) is 0 Å². The summed E-state index contributed by atoms with van der Waals surface area (Å²) in [6.07, 6.45) is 4.99. The van der Waals surface area contributed by atoms with Crippen molar-refractivity contribution in [1.29, 1.82) is 0 Å². The van der Waals surface area contributed by atoms with Crippen LogP contribution in [-0.2, 0) is 16.6 Å². The SMILES string of the molecule is CC(CN1CCCC1)NS(=O)(=O)c1cnc(N2CC(c3ocnc3CO)C2)c(Cl)c1. The summed E-state index contributed by atoms with van der Waals surface area (Å²) >= 11 is 6.37. The molecule has 9 nitrogen and oxygen atoms in total. The van der Waals surface area contributed by atoms with Gasteiger partial charge in [-0.15, -0.1) is 0 Å². The summed E-state index contributed by atoms with van der Waals surface area (Å²) < 4.78 is 33.5. The van der Waals surface area contributed by atoms with Crippen LogP contribution in [0.1, 0.15) is 37.1 Å². The Labute approximate surface area is 181 Å². The maximum atomic E-state index is 12.7. The number of sulfonamides is 1. The summed E-state index contributed by atoms with van der Waals surface area (Å²) in [7, 11) is -3.70. The van der Waals surface area contributed by atoms with Crippen molar-refractivity contribution in [2.45, 2.75) is 43.2 Å². The van der Waals surface area contributed by atoms with E-state index >= 15 is 0 Å². The molecule has 4 heterocycles. The molecule has 0 aliphatic carbocycles. The number of nitrogens with one attached hydrogen (secondary N) is 1. The Morgan fingerprint density at radius 2 is 2.07 bits per heavy atom. The van der Waals surface area contributed by atoms with Crippen molar-refractivity contribution in [3.63, 3.8) is 0 Å². The van der Waals surface area contributed by atoms with Crippen molar-refractivity contribution in [3.8, 4) is 0 Å². The molecule has 2 aliphatic heterocycles. The number of pyridine rings is 1. The molecule has 2 saturated heterocycles. The number of aliphatic hydroxyl groups is 1. The largest absolute Gasteiger partial charge is 0.448 e. The Hall–Kier alpha value is -1.72. The molecule has 1 unspecified atom stereocenters. The third kappa shape index (κ3) is 4.47. The quantitative estimate of drug-likeness (QED) is 0.617. The number of anilines is 1. The molecule has 4 rings (SSSR count). The molecule has 2 aromatic heterocycles. The summed E-state index contributed by atoms with van der Waals surface area (Å²) in [5.74, 6) is 1.28. The monoisotopic (exact) mass is 455 g/mol. The predicted molar refractivity (Wildman–Crippen MR) is 112 cm³/mol. The highest BCUT2D eigenvalue weighted by Crippen LogP contribution is 2.36. The Morgan fingerprint density at radius 1 is 1.33 bits per heavy atom. The van der Waals surface area contributed by atoms with E-state index in [1.807, 2.05) is 11.8 Å². The molecule has 2 N–H and O–H groups in total. The van der Waals surface area contributed by atoms with E-state index in [1.165, 1.54) is 18.7 Å². The summed E-state index contributed by atoms with van der Waals surface area (Å²) in [5, 5.41) is 9.60. The lowest BCUT2D eigenvalue weighted by Crippen LogP contribution is -2.46. The van der Waals surface area contributed by atoms with Gasteiger partial charge in [-0.3, -0.25) is 0 Å². The number of hydrogen-bond acceptors (Lipinski definition) is 8. The van der Waals surface area contributed by atoms with E-state index in [4.69, 9.17) is 16.0 Å². The number of aliphatic hydroxyl groups excluding tert-OH is 1. The van der Waals surface area contributed by atoms with Gasteiger partial charge in [-0.25, -0.2) is 23.1 Å². The first-order valence-electron chi connectivity index (χ1n) is 10.1. The van der Waals surface area contributed by atoms with Crippen molar-refractivity contribution in [2.24, 2.45) is 0 Å².